The SMILES string of the molecule is CCn1ncnc1CC(O)CS(C)(=O)=O. The molecule has 0 radical (unpaired) electrons. The van der Waals surface area contributed by atoms with Crippen molar-refractivity contribution in [1.82, 2.24) is 14.8 Å². The minimum atomic E-state index is -3.15. The van der Waals surface area contributed by atoms with Gasteiger partial charge in [-0.25, -0.2) is 13.4 Å². The van der Waals surface area contributed by atoms with Gasteiger partial charge in [-0.1, -0.05) is 0 Å². The van der Waals surface area contributed by atoms with Gasteiger partial charge in [0.25, 0.3) is 0 Å². The van der Waals surface area contributed by atoms with E-state index in [1.165, 1.54) is 6.33 Å². The highest BCUT2D eigenvalue weighted by Crippen LogP contribution is 2.01. The van der Waals surface area contributed by atoms with Gasteiger partial charge in [0, 0.05) is 19.2 Å². The van der Waals surface area contributed by atoms with Gasteiger partial charge >= 0.3 is 0 Å². The standard InChI is InChI=1S/C8H15N3O3S/c1-3-11-8(9-6-10-11)4-7(12)5-15(2,13)14/h6-7,12H,3-5H2,1-2H3. The van der Waals surface area contributed by atoms with E-state index in [4.69, 9.17) is 0 Å². The van der Waals surface area contributed by atoms with Gasteiger partial charge < -0.3 is 5.11 Å². The Bertz CT molecular complexity index is 413. The van der Waals surface area contributed by atoms with Crippen LogP contribution in [0.5, 0.6) is 0 Å². The molecule has 0 aliphatic heterocycles. The van der Waals surface area contributed by atoms with Crippen LogP contribution >= 0.6 is 0 Å². The lowest BCUT2D eigenvalue weighted by molar-refractivity contribution is 0.193. The molecule has 0 spiro atoms. The van der Waals surface area contributed by atoms with Crippen molar-refractivity contribution in [1.29, 1.82) is 0 Å². The highest BCUT2D eigenvalue weighted by atomic mass is 32.2. The first-order valence-corrected chi connectivity index (χ1v) is 6.71. The molecular weight excluding hydrogens is 218 g/mol. The molecule has 1 heterocycles. The Morgan fingerprint density at radius 1 is 1.60 bits per heavy atom. The van der Waals surface area contributed by atoms with Crippen LogP contribution in [0.15, 0.2) is 6.33 Å². The second-order valence-electron chi connectivity index (χ2n) is 3.44. The highest BCUT2D eigenvalue weighted by Gasteiger charge is 2.15. The van der Waals surface area contributed by atoms with Crippen molar-refractivity contribution in [2.45, 2.75) is 26.0 Å². The zero-order chi connectivity index (χ0) is 11.5. The van der Waals surface area contributed by atoms with Crippen LogP contribution in [0.25, 0.3) is 0 Å². The lowest BCUT2D eigenvalue weighted by atomic mass is 10.3. The first-order chi connectivity index (χ1) is 6.92. The van der Waals surface area contributed by atoms with E-state index in [1.807, 2.05) is 6.92 Å². The molecule has 0 bridgehead atoms. The van der Waals surface area contributed by atoms with E-state index in [1.54, 1.807) is 4.68 Å². The second kappa shape index (κ2) is 4.71. The van der Waals surface area contributed by atoms with E-state index in [9.17, 15) is 13.5 Å². The van der Waals surface area contributed by atoms with E-state index in [0.29, 0.717) is 12.4 Å². The number of rotatable bonds is 5. The van der Waals surface area contributed by atoms with Gasteiger partial charge in [0.05, 0.1) is 11.9 Å². The number of nitrogens with zero attached hydrogens (tertiary/aromatic N) is 3. The highest BCUT2D eigenvalue weighted by molar-refractivity contribution is 7.90. The molecule has 7 heteroatoms. The predicted octanol–water partition coefficient (Wildman–Crippen LogP) is -0.754. The van der Waals surface area contributed by atoms with Crippen LogP contribution in [0.1, 0.15) is 12.7 Å². The van der Waals surface area contributed by atoms with Crippen LogP contribution in [-0.4, -0.2) is 46.4 Å². The van der Waals surface area contributed by atoms with Gasteiger partial charge in [0.1, 0.15) is 22.0 Å². The fraction of sp³-hybridized carbons (Fsp3) is 0.750. The summed E-state index contributed by atoms with van der Waals surface area (Å²) in [4.78, 5) is 3.95. The molecule has 0 amide bonds. The van der Waals surface area contributed by atoms with Gasteiger partial charge in [-0.15, -0.1) is 0 Å². The summed E-state index contributed by atoms with van der Waals surface area (Å²) in [5, 5.41) is 13.4. The summed E-state index contributed by atoms with van der Waals surface area (Å²) >= 11 is 0. The van der Waals surface area contributed by atoms with Crippen molar-refractivity contribution in [2.75, 3.05) is 12.0 Å². The molecule has 1 atom stereocenters. The topological polar surface area (TPSA) is 85.1 Å². The number of sulfone groups is 1. The molecule has 1 N–H and O–H groups in total. The molecule has 0 aliphatic carbocycles. The Morgan fingerprint density at radius 3 is 2.80 bits per heavy atom. The van der Waals surface area contributed by atoms with E-state index < -0.39 is 15.9 Å². The molecular formula is C8H15N3O3S. The molecule has 0 fully saturated rings. The molecule has 1 unspecified atom stereocenters. The first kappa shape index (κ1) is 12.1. The molecule has 0 saturated heterocycles. The van der Waals surface area contributed by atoms with Crippen LogP contribution in [0.3, 0.4) is 0 Å². The summed E-state index contributed by atoms with van der Waals surface area (Å²) < 4.78 is 23.5. The van der Waals surface area contributed by atoms with Crippen LogP contribution < -0.4 is 0 Å². The first-order valence-electron chi connectivity index (χ1n) is 4.65. The summed E-state index contributed by atoms with van der Waals surface area (Å²) in [6.07, 6.45) is 1.78. The second-order valence-corrected chi connectivity index (χ2v) is 5.63. The Kier molecular flexibility index (Phi) is 3.81. The van der Waals surface area contributed by atoms with Gasteiger partial charge in [0.2, 0.25) is 0 Å². The average Bonchev–Trinajstić information content (AvgIpc) is 2.48. The molecule has 1 rings (SSSR count). The van der Waals surface area contributed by atoms with Gasteiger partial charge in [-0.3, -0.25) is 4.68 Å². The van der Waals surface area contributed by atoms with Crippen LogP contribution in [0.4, 0.5) is 0 Å². The van der Waals surface area contributed by atoms with Crippen molar-refractivity contribution in [2.24, 2.45) is 0 Å². The Balaban J connectivity index is 2.62. The van der Waals surface area contributed by atoms with Crippen LogP contribution in [0, 0.1) is 0 Å². The number of hydrogen-bond donors (Lipinski definition) is 1. The van der Waals surface area contributed by atoms with Crippen molar-refractivity contribution >= 4 is 9.84 Å². The number of aliphatic hydroxyl groups excluding tert-OH is 1. The summed E-state index contributed by atoms with van der Waals surface area (Å²) in [5.41, 5.74) is 0. The lowest BCUT2D eigenvalue weighted by Gasteiger charge is -2.08. The third-order valence-electron chi connectivity index (χ3n) is 1.91. The summed E-state index contributed by atoms with van der Waals surface area (Å²) in [6.45, 7) is 2.56. The fourth-order valence-corrected chi connectivity index (χ4v) is 2.15. The molecule has 6 nitrogen and oxygen atoms in total. The van der Waals surface area contributed by atoms with Crippen molar-refractivity contribution in [3.05, 3.63) is 12.2 Å². The summed E-state index contributed by atoms with van der Waals surface area (Å²) in [7, 11) is -3.15. The molecule has 0 aromatic carbocycles. The maximum Gasteiger partial charge on any atom is 0.150 e. The predicted molar refractivity (Wildman–Crippen MR) is 55.1 cm³/mol. The minimum absolute atomic E-state index is 0.209. The fourth-order valence-electron chi connectivity index (χ4n) is 1.33. The molecule has 0 aliphatic rings. The maximum absolute atomic E-state index is 10.9. The number of aryl methyl sites for hydroxylation is 1. The minimum Gasteiger partial charge on any atom is -0.392 e. The smallest absolute Gasteiger partial charge is 0.150 e. The molecule has 1 aromatic rings. The van der Waals surface area contributed by atoms with E-state index in [0.717, 1.165) is 6.26 Å². The van der Waals surface area contributed by atoms with Crippen LogP contribution in [-0.2, 0) is 22.8 Å². The maximum atomic E-state index is 10.9. The van der Waals surface area contributed by atoms with Gasteiger partial charge in [-0.05, 0) is 6.92 Å². The Hall–Kier alpha value is -0.950. The molecule has 1 aromatic heterocycles. The van der Waals surface area contributed by atoms with Gasteiger partial charge in [-0.2, -0.15) is 5.10 Å². The quantitative estimate of drug-likeness (QED) is 0.723. The molecule has 0 saturated carbocycles. The summed E-state index contributed by atoms with van der Waals surface area (Å²) in [6, 6.07) is 0. The Labute approximate surface area is 88.9 Å². The average molecular weight is 233 g/mol. The normalized spacial score (nSPS) is 14.1. The lowest BCUT2D eigenvalue weighted by Crippen LogP contribution is -2.23. The third kappa shape index (κ3) is 3.96. The van der Waals surface area contributed by atoms with Crippen molar-refractivity contribution in [3.63, 3.8) is 0 Å². The van der Waals surface area contributed by atoms with E-state index >= 15 is 0 Å². The Morgan fingerprint density at radius 2 is 2.27 bits per heavy atom. The molecule has 15 heavy (non-hydrogen) atoms. The number of aliphatic hydroxyl groups is 1. The zero-order valence-corrected chi connectivity index (χ0v) is 9.61. The number of hydrogen-bond acceptors (Lipinski definition) is 5. The monoisotopic (exact) mass is 233 g/mol. The molecule has 86 valence electrons. The largest absolute Gasteiger partial charge is 0.392 e. The van der Waals surface area contributed by atoms with E-state index in [2.05, 4.69) is 10.1 Å². The zero-order valence-electron chi connectivity index (χ0n) is 8.79. The third-order valence-corrected chi connectivity index (χ3v) is 2.90. The van der Waals surface area contributed by atoms with Crippen LogP contribution in [0.2, 0.25) is 0 Å². The van der Waals surface area contributed by atoms with Gasteiger partial charge in [0.15, 0.2) is 0 Å². The van der Waals surface area contributed by atoms with Crippen molar-refractivity contribution in [3.8, 4) is 0 Å². The van der Waals surface area contributed by atoms with E-state index in [-0.39, 0.29) is 12.2 Å². The number of aromatic nitrogens is 3. The van der Waals surface area contributed by atoms with Crippen molar-refractivity contribution < 1.29 is 13.5 Å². The summed E-state index contributed by atoms with van der Waals surface area (Å²) in [5.74, 6) is 0.359.